The van der Waals surface area contributed by atoms with Crippen LogP contribution in [0.15, 0.2) is 0 Å². The second-order valence-electron chi connectivity index (χ2n) is 3.54. The maximum absolute atomic E-state index is 11.6. The van der Waals surface area contributed by atoms with E-state index in [1.54, 1.807) is 0 Å². The zero-order chi connectivity index (χ0) is 12.4. The molecule has 0 radical (unpaired) electrons. The minimum Gasteiger partial charge on any atom is -0.351 e. The number of carbonyl (C=O) groups is 1. The summed E-state index contributed by atoms with van der Waals surface area (Å²) in [6.45, 7) is 7.89. The molecule has 0 heterocycles. The zero-order valence-corrected chi connectivity index (χ0v) is 10.7. The minimum atomic E-state index is -0.347. The lowest BCUT2D eigenvalue weighted by Gasteiger charge is -2.18. The highest BCUT2D eigenvalue weighted by Gasteiger charge is 2.14. The molecule has 0 bridgehead atoms. The number of rotatable bonds is 9. The van der Waals surface area contributed by atoms with Crippen molar-refractivity contribution in [1.82, 2.24) is 10.6 Å². The van der Waals surface area contributed by atoms with E-state index in [2.05, 4.69) is 10.6 Å². The van der Waals surface area contributed by atoms with Crippen molar-refractivity contribution in [2.45, 2.75) is 27.1 Å². The number of amides is 1. The molecule has 96 valence electrons. The topological polar surface area (TPSA) is 59.6 Å². The van der Waals surface area contributed by atoms with E-state index in [-0.39, 0.29) is 18.1 Å². The van der Waals surface area contributed by atoms with E-state index in [4.69, 9.17) is 9.47 Å². The Kier molecular flexibility index (Phi) is 9.18. The summed E-state index contributed by atoms with van der Waals surface area (Å²) in [6.07, 6.45) is -0.347. The molecule has 5 nitrogen and oxygen atoms in total. The molecule has 0 saturated carbocycles. The zero-order valence-electron chi connectivity index (χ0n) is 10.7. The van der Waals surface area contributed by atoms with Gasteiger partial charge in [-0.25, -0.2) is 0 Å². The molecule has 16 heavy (non-hydrogen) atoms. The molecule has 0 aromatic rings. The fourth-order valence-electron chi connectivity index (χ4n) is 1.29. The Morgan fingerprint density at radius 1 is 1.19 bits per heavy atom. The monoisotopic (exact) mass is 232 g/mol. The lowest BCUT2D eigenvalue weighted by molar-refractivity contribution is -0.141. The highest BCUT2D eigenvalue weighted by atomic mass is 16.7. The van der Waals surface area contributed by atoms with Gasteiger partial charge in [-0.3, -0.25) is 4.79 Å². The molecule has 0 aromatic carbocycles. The first-order valence-electron chi connectivity index (χ1n) is 5.81. The van der Waals surface area contributed by atoms with Crippen LogP contribution in [0.4, 0.5) is 0 Å². The van der Waals surface area contributed by atoms with Crippen molar-refractivity contribution in [3.8, 4) is 0 Å². The van der Waals surface area contributed by atoms with Crippen LogP contribution in [0.5, 0.6) is 0 Å². The van der Waals surface area contributed by atoms with Gasteiger partial charge >= 0.3 is 0 Å². The van der Waals surface area contributed by atoms with E-state index in [1.165, 1.54) is 0 Å². The molecule has 0 aliphatic heterocycles. The molecule has 0 aromatic heterocycles. The van der Waals surface area contributed by atoms with Crippen molar-refractivity contribution in [1.29, 1.82) is 0 Å². The van der Waals surface area contributed by atoms with Crippen molar-refractivity contribution in [2.24, 2.45) is 5.92 Å². The Hall–Kier alpha value is -0.650. The van der Waals surface area contributed by atoms with Crippen LogP contribution in [-0.4, -0.2) is 45.5 Å². The van der Waals surface area contributed by atoms with Crippen LogP contribution < -0.4 is 10.6 Å². The molecule has 2 N–H and O–H groups in total. The smallest absolute Gasteiger partial charge is 0.224 e. The molecule has 1 atom stereocenters. The Balaban J connectivity index is 3.85. The molecular formula is C11H24N2O3. The van der Waals surface area contributed by atoms with E-state index < -0.39 is 0 Å². The maximum atomic E-state index is 11.6. The van der Waals surface area contributed by atoms with Crippen LogP contribution in [0.25, 0.3) is 0 Å². The predicted octanol–water partition coefficient (Wildman–Crippen LogP) is 0.357. The normalized spacial score (nSPS) is 12.8. The summed E-state index contributed by atoms with van der Waals surface area (Å²) in [5.41, 5.74) is 0. The standard InChI is InChI=1S/C11H24N2O3/c1-5-15-10(16-6-2)8-13-11(14)9(3)7-12-4/h9-10,12H,5-8H2,1-4H3,(H,13,14). The largest absolute Gasteiger partial charge is 0.351 e. The quantitative estimate of drug-likeness (QED) is 0.563. The van der Waals surface area contributed by atoms with Gasteiger partial charge in [0.2, 0.25) is 5.91 Å². The summed E-state index contributed by atoms with van der Waals surface area (Å²) in [6, 6.07) is 0. The Labute approximate surface area is 97.9 Å². The second kappa shape index (κ2) is 9.57. The number of ether oxygens (including phenoxy) is 2. The SMILES string of the molecule is CCOC(CNC(=O)C(C)CNC)OCC. The van der Waals surface area contributed by atoms with Gasteiger partial charge in [0.15, 0.2) is 6.29 Å². The molecule has 0 spiro atoms. The fourth-order valence-corrected chi connectivity index (χ4v) is 1.29. The van der Waals surface area contributed by atoms with Gasteiger partial charge in [0.1, 0.15) is 0 Å². The number of nitrogens with one attached hydrogen (secondary N) is 2. The molecule has 1 unspecified atom stereocenters. The van der Waals surface area contributed by atoms with E-state index in [0.29, 0.717) is 26.3 Å². The summed E-state index contributed by atoms with van der Waals surface area (Å²) in [5.74, 6) is -0.0346. The average Bonchev–Trinajstić information content (AvgIpc) is 2.26. The van der Waals surface area contributed by atoms with Gasteiger partial charge in [0.25, 0.3) is 0 Å². The summed E-state index contributed by atoms with van der Waals surface area (Å²) in [5, 5.41) is 5.77. The third-order valence-corrected chi connectivity index (χ3v) is 2.11. The summed E-state index contributed by atoms with van der Waals surface area (Å²) >= 11 is 0. The first-order chi connectivity index (χ1) is 7.65. The van der Waals surface area contributed by atoms with Crippen LogP contribution >= 0.6 is 0 Å². The lowest BCUT2D eigenvalue weighted by Crippen LogP contribution is -2.40. The molecule has 0 saturated heterocycles. The van der Waals surface area contributed by atoms with Gasteiger partial charge in [-0.15, -0.1) is 0 Å². The van der Waals surface area contributed by atoms with Gasteiger partial charge in [0.05, 0.1) is 6.54 Å². The molecule has 0 aliphatic rings. The Morgan fingerprint density at radius 3 is 2.19 bits per heavy atom. The first-order valence-corrected chi connectivity index (χ1v) is 5.81. The maximum Gasteiger partial charge on any atom is 0.224 e. The second-order valence-corrected chi connectivity index (χ2v) is 3.54. The summed E-state index contributed by atoms with van der Waals surface area (Å²) in [4.78, 5) is 11.6. The van der Waals surface area contributed by atoms with Crippen molar-refractivity contribution >= 4 is 5.91 Å². The summed E-state index contributed by atoms with van der Waals surface area (Å²) < 4.78 is 10.6. The van der Waals surface area contributed by atoms with E-state index in [0.717, 1.165) is 0 Å². The Morgan fingerprint density at radius 2 is 1.75 bits per heavy atom. The van der Waals surface area contributed by atoms with Crippen LogP contribution in [0.2, 0.25) is 0 Å². The van der Waals surface area contributed by atoms with Crippen LogP contribution in [-0.2, 0) is 14.3 Å². The lowest BCUT2D eigenvalue weighted by atomic mass is 10.1. The van der Waals surface area contributed by atoms with E-state index in [9.17, 15) is 4.79 Å². The van der Waals surface area contributed by atoms with E-state index >= 15 is 0 Å². The molecule has 0 rings (SSSR count). The van der Waals surface area contributed by atoms with Gasteiger partial charge < -0.3 is 20.1 Å². The van der Waals surface area contributed by atoms with Gasteiger partial charge in [-0.2, -0.15) is 0 Å². The van der Waals surface area contributed by atoms with Crippen molar-refractivity contribution in [2.75, 3.05) is 33.4 Å². The van der Waals surface area contributed by atoms with Gasteiger partial charge in [-0.05, 0) is 20.9 Å². The molecule has 0 fully saturated rings. The molecule has 0 aliphatic carbocycles. The number of hydrogen-bond acceptors (Lipinski definition) is 4. The van der Waals surface area contributed by atoms with Gasteiger partial charge in [-0.1, -0.05) is 6.92 Å². The van der Waals surface area contributed by atoms with Crippen molar-refractivity contribution < 1.29 is 14.3 Å². The highest BCUT2D eigenvalue weighted by Crippen LogP contribution is 1.96. The third kappa shape index (κ3) is 6.76. The van der Waals surface area contributed by atoms with Crippen molar-refractivity contribution in [3.05, 3.63) is 0 Å². The molecule has 1 amide bonds. The fraction of sp³-hybridized carbons (Fsp3) is 0.909. The molecule has 5 heteroatoms. The first kappa shape index (κ1) is 15.3. The van der Waals surface area contributed by atoms with Crippen molar-refractivity contribution in [3.63, 3.8) is 0 Å². The number of carbonyl (C=O) groups excluding carboxylic acids is 1. The highest BCUT2D eigenvalue weighted by molar-refractivity contribution is 5.78. The van der Waals surface area contributed by atoms with Crippen LogP contribution in [0.1, 0.15) is 20.8 Å². The van der Waals surface area contributed by atoms with Crippen LogP contribution in [0.3, 0.4) is 0 Å². The summed E-state index contributed by atoms with van der Waals surface area (Å²) in [7, 11) is 1.83. The third-order valence-electron chi connectivity index (χ3n) is 2.11. The minimum absolute atomic E-state index is 0.0127. The molecular weight excluding hydrogens is 208 g/mol. The van der Waals surface area contributed by atoms with Crippen LogP contribution in [0, 0.1) is 5.92 Å². The van der Waals surface area contributed by atoms with Gasteiger partial charge in [0, 0.05) is 25.7 Å². The Bertz CT molecular complexity index is 182. The number of hydrogen-bond donors (Lipinski definition) is 2. The average molecular weight is 232 g/mol. The predicted molar refractivity (Wildman–Crippen MR) is 63.1 cm³/mol. The van der Waals surface area contributed by atoms with E-state index in [1.807, 2.05) is 27.8 Å².